The first-order chi connectivity index (χ1) is 10.0. The Bertz CT molecular complexity index is 476. The lowest BCUT2D eigenvalue weighted by Gasteiger charge is -2.28. The maximum Gasteiger partial charge on any atom is 0.325 e. The summed E-state index contributed by atoms with van der Waals surface area (Å²) in [7, 11) is 1.45. The van der Waals surface area contributed by atoms with Crippen LogP contribution >= 0.6 is 11.8 Å². The Morgan fingerprint density at radius 1 is 1.48 bits per heavy atom. The van der Waals surface area contributed by atoms with Gasteiger partial charge in [-0.25, -0.2) is 9.97 Å². The van der Waals surface area contributed by atoms with Crippen LogP contribution < -0.4 is 5.32 Å². The summed E-state index contributed by atoms with van der Waals surface area (Å²) in [6, 6.07) is 0.474. The summed E-state index contributed by atoms with van der Waals surface area (Å²) >= 11 is 1.62. The molecule has 21 heavy (non-hydrogen) atoms. The number of rotatable bonds is 8. The van der Waals surface area contributed by atoms with Gasteiger partial charge in [0.1, 0.15) is 5.54 Å². The standard InChI is InChI=1S/C15H23N3O2S/c1-11-9-16-14(17-10-11)21-8-4-7-15(2,13(19)20-3)18-12-5-6-12/h9-10,12,18H,4-8H2,1-3H3. The quantitative estimate of drug-likeness (QED) is 0.344. The van der Waals surface area contributed by atoms with Crippen molar-refractivity contribution in [3.8, 4) is 0 Å². The second kappa shape index (κ2) is 7.22. The van der Waals surface area contributed by atoms with E-state index in [1.54, 1.807) is 11.8 Å². The Labute approximate surface area is 130 Å². The minimum atomic E-state index is -0.579. The SMILES string of the molecule is COC(=O)C(C)(CCCSc1ncc(C)cn1)NC1CC1. The lowest BCUT2D eigenvalue weighted by Crippen LogP contribution is -2.51. The van der Waals surface area contributed by atoms with Gasteiger partial charge in [0.15, 0.2) is 5.16 Å². The lowest BCUT2D eigenvalue weighted by molar-refractivity contribution is -0.148. The predicted molar refractivity (Wildman–Crippen MR) is 83.3 cm³/mol. The molecule has 0 bridgehead atoms. The number of hydrogen-bond acceptors (Lipinski definition) is 6. The van der Waals surface area contributed by atoms with Crippen LogP contribution in [0.1, 0.15) is 38.2 Å². The molecule has 1 aliphatic rings. The number of carbonyl (C=O) groups is 1. The summed E-state index contributed by atoms with van der Waals surface area (Å²) in [6.07, 6.45) is 7.62. The molecule has 116 valence electrons. The first kappa shape index (κ1) is 16.2. The van der Waals surface area contributed by atoms with Crippen molar-refractivity contribution in [3.63, 3.8) is 0 Å². The minimum Gasteiger partial charge on any atom is -0.468 e. The third-order valence-corrected chi connectivity index (χ3v) is 4.51. The highest BCUT2D eigenvalue weighted by Crippen LogP contribution is 2.26. The van der Waals surface area contributed by atoms with Gasteiger partial charge in [-0.05, 0) is 45.1 Å². The Hall–Kier alpha value is -1.14. The third-order valence-electron chi connectivity index (χ3n) is 3.55. The van der Waals surface area contributed by atoms with Crippen LogP contribution in [0.4, 0.5) is 0 Å². The second-order valence-corrected chi connectivity index (χ2v) is 6.80. The van der Waals surface area contributed by atoms with Gasteiger partial charge in [0, 0.05) is 24.2 Å². The van der Waals surface area contributed by atoms with E-state index in [2.05, 4.69) is 15.3 Å². The number of esters is 1. The van der Waals surface area contributed by atoms with Crippen LogP contribution in [-0.2, 0) is 9.53 Å². The van der Waals surface area contributed by atoms with Crippen LogP contribution in [0.5, 0.6) is 0 Å². The molecular weight excluding hydrogens is 286 g/mol. The molecule has 6 heteroatoms. The Morgan fingerprint density at radius 3 is 2.71 bits per heavy atom. The number of nitrogens with zero attached hydrogens (tertiary/aromatic N) is 2. The average Bonchev–Trinajstić information content (AvgIpc) is 3.28. The molecule has 0 radical (unpaired) electrons. The van der Waals surface area contributed by atoms with Crippen LogP contribution in [-0.4, -0.2) is 40.4 Å². The Balaban J connectivity index is 1.78. The van der Waals surface area contributed by atoms with E-state index in [0.29, 0.717) is 6.04 Å². The van der Waals surface area contributed by atoms with Gasteiger partial charge < -0.3 is 4.74 Å². The van der Waals surface area contributed by atoms with Crippen molar-refractivity contribution in [2.75, 3.05) is 12.9 Å². The molecule has 1 aliphatic carbocycles. The molecule has 1 saturated carbocycles. The summed E-state index contributed by atoms with van der Waals surface area (Å²) in [5.74, 6) is 0.716. The first-order valence-electron chi connectivity index (χ1n) is 7.31. The summed E-state index contributed by atoms with van der Waals surface area (Å²) in [5.41, 5.74) is 0.483. The number of ether oxygens (including phenoxy) is 1. The zero-order valence-electron chi connectivity index (χ0n) is 12.9. The van der Waals surface area contributed by atoms with Crippen LogP contribution in [0.15, 0.2) is 17.6 Å². The Kier molecular flexibility index (Phi) is 5.58. The molecule has 1 atom stereocenters. The fourth-order valence-corrected chi connectivity index (χ4v) is 2.91. The third kappa shape index (κ3) is 4.97. The fourth-order valence-electron chi connectivity index (χ4n) is 2.18. The normalized spacial score (nSPS) is 17.3. The van der Waals surface area contributed by atoms with Crippen molar-refractivity contribution in [2.45, 2.75) is 56.3 Å². The van der Waals surface area contributed by atoms with Crippen LogP contribution in [0, 0.1) is 6.92 Å². The number of thioether (sulfide) groups is 1. The number of aryl methyl sites for hydroxylation is 1. The highest BCUT2D eigenvalue weighted by molar-refractivity contribution is 7.99. The van der Waals surface area contributed by atoms with Gasteiger partial charge in [-0.3, -0.25) is 10.1 Å². The number of aromatic nitrogens is 2. The number of nitrogens with one attached hydrogen (secondary N) is 1. The monoisotopic (exact) mass is 309 g/mol. The van der Waals surface area contributed by atoms with E-state index < -0.39 is 5.54 Å². The van der Waals surface area contributed by atoms with Crippen molar-refractivity contribution in [2.24, 2.45) is 0 Å². The molecular formula is C15H23N3O2S. The molecule has 2 rings (SSSR count). The van der Waals surface area contributed by atoms with E-state index in [0.717, 1.165) is 42.2 Å². The van der Waals surface area contributed by atoms with Gasteiger partial charge in [-0.2, -0.15) is 0 Å². The first-order valence-corrected chi connectivity index (χ1v) is 8.29. The fraction of sp³-hybridized carbons (Fsp3) is 0.667. The molecule has 1 heterocycles. The number of hydrogen-bond donors (Lipinski definition) is 1. The molecule has 0 amide bonds. The average molecular weight is 309 g/mol. The molecule has 0 saturated heterocycles. The van der Waals surface area contributed by atoms with Gasteiger partial charge in [-0.1, -0.05) is 11.8 Å². The van der Waals surface area contributed by atoms with Crippen molar-refractivity contribution < 1.29 is 9.53 Å². The van der Waals surface area contributed by atoms with Crippen molar-refractivity contribution in [1.29, 1.82) is 0 Å². The van der Waals surface area contributed by atoms with E-state index in [-0.39, 0.29) is 5.97 Å². The topological polar surface area (TPSA) is 64.1 Å². The van der Waals surface area contributed by atoms with E-state index in [1.807, 2.05) is 26.2 Å². The van der Waals surface area contributed by atoms with Gasteiger partial charge in [0.2, 0.25) is 0 Å². The largest absolute Gasteiger partial charge is 0.468 e. The smallest absolute Gasteiger partial charge is 0.325 e. The molecule has 0 spiro atoms. The molecule has 5 nitrogen and oxygen atoms in total. The molecule has 0 aromatic carbocycles. The molecule has 1 aromatic heterocycles. The van der Waals surface area contributed by atoms with E-state index >= 15 is 0 Å². The molecule has 0 aliphatic heterocycles. The van der Waals surface area contributed by atoms with E-state index in [9.17, 15) is 4.79 Å². The number of carbonyl (C=O) groups excluding carboxylic acids is 1. The molecule has 1 fully saturated rings. The molecule has 1 aromatic rings. The second-order valence-electron chi connectivity index (χ2n) is 5.74. The van der Waals surface area contributed by atoms with Crippen molar-refractivity contribution in [3.05, 3.63) is 18.0 Å². The zero-order valence-corrected chi connectivity index (χ0v) is 13.7. The highest BCUT2D eigenvalue weighted by Gasteiger charge is 2.38. The van der Waals surface area contributed by atoms with Gasteiger partial charge >= 0.3 is 5.97 Å². The number of methoxy groups -OCH3 is 1. The van der Waals surface area contributed by atoms with Gasteiger partial charge in [-0.15, -0.1) is 0 Å². The summed E-state index contributed by atoms with van der Waals surface area (Å²) < 4.78 is 4.94. The minimum absolute atomic E-state index is 0.175. The van der Waals surface area contributed by atoms with Crippen molar-refractivity contribution >= 4 is 17.7 Å². The Morgan fingerprint density at radius 2 is 2.14 bits per heavy atom. The lowest BCUT2D eigenvalue weighted by atomic mass is 9.96. The van der Waals surface area contributed by atoms with Crippen LogP contribution in [0.3, 0.4) is 0 Å². The molecule has 1 unspecified atom stereocenters. The van der Waals surface area contributed by atoms with Gasteiger partial charge in [0.05, 0.1) is 7.11 Å². The maximum atomic E-state index is 12.0. The van der Waals surface area contributed by atoms with E-state index in [4.69, 9.17) is 4.74 Å². The molecule has 1 N–H and O–H groups in total. The summed E-state index contributed by atoms with van der Waals surface area (Å²) in [4.78, 5) is 20.5. The summed E-state index contributed by atoms with van der Waals surface area (Å²) in [5, 5.41) is 4.20. The predicted octanol–water partition coefficient (Wildman–Crippen LogP) is 2.34. The van der Waals surface area contributed by atoms with Gasteiger partial charge in [0.25, 0.3) is 0 Å². The summed E-state index contributed by atoms with van der Waals surface area (Å²) in [6.45, 7) is 3.91. The zero-order chi connectivity index (χ0) is 15.3. The van der Waals surface area contributed by atoms with Crippen LogP contribution in [0.25, 0.3) is 0 Å². The van der Waals surface area contributed by atoms with E-state index in [1.165, 1.54) is 7.11 Å². The van der Waals surface area contributed by atoms with Crippen LogP contribution in [0.2, 0.25) is 0 Å². The van der Waals surface area contributed by atoms with Crippen molar-refractivity contribution in [1.82, 2.24) is 15.3 Å². The highest BCUT2D eigenvalue weighted by atomic mass is 32.2. The maximum absolute atomic E-state index is 12.0.